The molecule has 0 bridgehead atoms. The summed E-state index contributed by atoms with van der Waals surface area (Å²) >= 11 is 0. The third-order valence-corrected chi connectivity index (χ3v) is 7.88. The van der Waals surface area contributed by atoms with Crippen molar-refractivity contribution in [2.75, 3.05) is 51.8 Å². The van der Waals surface area contributed by atoms with Gasteiger partial charge >= 0.3 is 6.01 Å². The van der Waals surface area contributed by atoms with Gasteiger partial charge < -0.3 is 19.9 Å². The molecule has 4 aromatic rings. The molecule has 0 spiro atoms. The molecule has 1 aliphatic carbocycles. The molecule has 2 fully saturated rings. The Kier molecular flexibility index (Phi) is 6.58. The molecule has 1 unspecified atom stereocenters. The summed E-state index contributed by atoms with van der Waals surface area (Å²) in [6, 6.07) is 13.9. The SMILES string of the molecule is CC1CN(c2nc(OC[C@]3(CN(C)C)CC3(F)F)nc3c(F)c(-c4cccc5ccccc45)c(F)cc23)CCN1. The molecule has 1 saturated heterocycles. The van der Waals surface area contributed by atoms with Crippen molar-refractivity contribution in [2.24, 2.45) is 5.41 Å². The number of aromatic nitrogens is 2. The minimum absolute atomic E-state index is 0.111. The van der Waals surface area contributed by atoms with Crippen molar-refractivity contribution in [3.63, 3.8) is 0 Å². The number of hydrogen-bond acceptors (Lipinski definition) is 6. The Morgan fingerprint density at radius 3 is 2.55 bits per heavy atom. The van der Waals surface area contributed by atoms with Crippen molar-refractivity contribution in [1.29, 1.82) is 0 Å². The molecule has 40 heavy (non-hydrogen) atoms. The third-order valence-electron chi connectivity index (χ3n) is 7.88. The lowest BCUT2D eigenvalue weighted by molar-refractivity contribution is 0.0288. The quantitative estimate of drug-likeness (QED) is 0.306. The number of nitrogens with zero attached hydrogens (tertiary/aromatic N) is 4. The molecule has 3 aromatic carbocycles. The highest BCUT2D eigenvalue weighted by Gasteiger charge is 2.71. The fourth-order valence-electron chi connectivity index (χ4n) is 5.84. The Morgan fingerprint density at radius 1 is 1.07 bits per heavy atom. The molecule has 1 aliphatic heterocycles. The largest absolute Gasteiger partial charge is 0.463 e. The number of benzene rings is 3. The standard InChI is InChI=1S/C30H31F4N5O/c1-18-14-39(12-11-35-18)27-22-13-23(31)24(21-10-6-8-19-7-4-5-9-20(19)21)25(32)26(22)36-28(37-27)40-17-29(16-38(2)3)15-30(29,33)34/h4-10,13,18,35H,11-12,14-17H2,1-3H3/t18?,29-/m1/s1. The second kappa shape index (κ2) is 9.85. The lowest BCUT2D eigenvalue weighted by Crippen LogP contribution is -2.49. The molecule has 210 valence electrons. The summed E-state index contributed by atoms with van der Waals surface area (Å²) in [5.74, 6) is -4.13. The number of halogens is 4. The second-order valence-electron chi connectivity index (χ2n) is 11.3. The van der Waals surface area contributed by atoms with Crippen molar-refractivity contribution in [3.05, 3.63) is 60.2 Å². The van der Waals surface area contributed by atoms with Crippen LogP contribution in [0.15, 0.2) is 48.5 Å². The Labute approximate surface area is 230 Å². The molecule has 10 heteroatoms. The molecule has 2 aliphatic rings. The Morgan fingerprint density at radius 2 is 1.82 bits per heavy atom. The fraction of sp³-hybridized carbons (Fsp3) is 0.400. The van der Waals surface area contributed by atoms with Gasteiger partial charge in [0.1, 0.15) is 23.8 Å². The van der Waals surface area contributed by atoms with Crippen molar-refractivity contribution in [3.8, 4) is 17.1 Å². The molecule has 0 amide bonds. The summed E-state index contributed by atoms with van der Waals surface area (Å²) in [4.78, 5) is 12.5. The van der Waals surface area contributed by atoms with Crippen LogP contribution in [0.25, 0.3) is 32.8 Å². The van der Waals surface area contributed by atoms with Gasteiger partial charge in [-0.05, 0) is 43.4 Å². The molecule has 2 atom stereocenters. The molecular weight excluding hydrogens is 522 g/mol. The normalized spacial score (nSPS) is 22.3. The topological polar surface area (TPSA) is 53.5 Å². The maximum absolute atomic E-state index is 16.4. The smallest absolute Gasteiger partial charge is 0.319 e. The van der Waals surface area contributed by atoms with Gasteiger partial charge in [0.2, 0.25) is 0 Å². The number of fused-ring (bicyclic) bond motifs is 2. The number of piperazine rings is 1. The first-order valence-corrected chi connectivity index (χ1v) is 13.4. The van der Waals surface area contributed by atoms with Crippen LogP contribution in [-0.2, 0) is 0 Å². The third kappa shape index (κ3) is 4.62. The molecule has 1 N–H and O–H groups in total. The molecule has 1 saturated carbocycles. The van der Waals surface area contributed by atoms with E-state index in [4.69, 9.17) is 4.74 Å². The summed E-state index contributed by atoms with van der Waals surface area (Å²) in [7, 11) is 3.45. The zero-order valence-electron chi connectivity index (χ0n) is 22.6. The van der Waals surface area contributed by atoms with Crippen LogP contribution < -0.4 is 15.0 Å². The minimum atomic E-state index is -2.87. The van der Waals surface area contributed by atoms with E-state index in [2.05, 4.69) is 15.3 Å². The lowest BCUT2D eigenvalue weighted by Gasteiger charge is -2.33. The minimum Gasteiger partial charge on any atom is -0.463 e. The van der Waals surface area contributed by atoms with Crippen molar-refractivity contribution in [1.82, 2.24) is 20.2 Å². The number of alkyl halides is 2. The maximum atomic E-state index is 16.4. The average Bonchev–Trinajstić information content (AvgIpc) is 3.45. The summed E-state index contributed by atoms with van der Waals surface area (Å²) in [5.41, 5.74) is -1.28. The first-order valence-electron chi connectivity index (χ1n) is 13.4. The van der Waals surface area contributed by atoms with Crippen molar-refractivity contribution < 1.29 is 22.3 Å². The van der Waals surface area contributed by atoms with E-state index in [1.807, 2.05) is 42.2 Å². The maximum Gasteiger partial charge on any atom is 0.319 e. The van der Waals surface area contributed by atoms with E-state index in [0.29, 0.717) is 36.4 Å². The van der Waals surface area contributed by atoms with Gasteiger partial charge in [-0.3, -0.25) is 0 Å². The highest BCUT2D eigenvalue weighted by molar-refractivity contribution is 6.00. The van der Waals surface area contributed by atoms with Gasteiger partial charge in [0.15, 0.2) is 5.82 Å². The summed E-state index contributed by atoms with van der Waals surface area (Å²) in [5, 5.41) is 5.10. The molecule has 0 radical (unpaired) electrons. The van der Waals surface area contributed by atoms with Crippen LogP contribution >= 0.6 is 0 Å². The number of rotatable bonds is 7. The molecule has 6 rings (SSSR count). The fourth-order valence-corrected chi connectivity index (χ4v) is 5.84. The van der Waals surface area contributed by atoms with Gasteiger partial charge in [0.05, 0.1) is 11.0 Å². The first kappa shape index (κ1) is 26.7. The number of nitrogens with one attached hydrogen (secondary N) is 1. The van der Waals surface area contributed by atoms with Crippen LogP contribution in [0.3, 0.4) is 0 Å². The van der Waals surface area contributed by atoms with Gasteiger partial charge in [-0.2, -0.15) is 9.97 Å². The van der Waals surface area contributed by atoms with E-state index in [1.165, 1.54) is 6.07 Å². The van der Waals surface area contributed by atoms with Crippen molar-refractivity contribution in [2.45, 2.75) is 25.3 Å². The van der Waals surface area contributed by atoms with E-state index in [9.17, 15) is 8.78 Å². The Bertz CT molecular complexity index is 1590. The lowest BCUT2D eigenvalue weighted by atomic mass is 9.96. The number of hydrogen-bond donors (Lipinski definition) is 1. The molecule has 2 heterocycles. The van der Waals surface area contributed by atoms with E-state index < -0.39 is 23.0 Å². The van der Waals surface area contributed by atoms with E-state index in [1.54, 1.807) is 31.1 Å². The van der Waals surface area contributed by atoms with Crippen molar-refractivity contribution >= 4 is 27.5 Å². The zero-order valence-corrected chi connectivity index (χ0v) is 22.6. The monoisotopic (exact) mass is 553 g/mol. The predicted molar refractivity (Wildman–Crippen MR) is 148 cm³/mol. The van der Waals surface area contributed by atoms with E-state index >= 15 is 8.78 Å². The van der Waals surface area contributed by atoms with Crippen LogP contribution in [0.5, 0.6) is 6.01 Å². The highest BCUT2D eigenvalue weighted by atomic mass is 19.3. The summed E-state index contributed by atoms with van der Waals surface area (Å²) in [6.45, 7) is 3.56. The van der Waals surface area contributed by atoms with Crippen LogP contribution in [-0.4, -0.2) is 73.7 Å². The highest BCUT2D eigenvalue weighted by Crippen LogP contribution is 2.60. The summed E-state index contributed by atoms with van der Waals surface area (Å²) in [6.07, 6.45) is -0.307. The number of ether oxygens (including phenoxy) is 1. The summed E-state index contributed by atoms with van der Waals surface area (Å²) < 4.78 is 66.8. The zero-order chi connectivity index (χ0) is 28.2. The van der Waals surface area contributed by atoms with E-state index in [-0.39, 0.29) is 48.1 Å². The van der Waals surface area contributed by atoms with E-state index in [0.717, 1.165) is 5.39 Å². The first-order chi connectivity index (χ1) is 19.1. The van der Waals surface area contributed by atoms with Crippen LogP contribution in [0, 0.1) is 17.0 Å². The van der Waals surface area contributed by atoms with Gasteiger partial charge in [0, 0.05) is 44.0 Å². The second-order valence-corrected chi connectivity index (χ2v) is 11.3. The Hall–Kier alpha value is -3.50. The van der Waals surface area contributed by atoms with Gasteiger partial charge in [-0.15, -0.1) is 0 Å². The molecule has 6 nitrogen and oxygen atoms in total. The van der Waals surface area contributed by atoms with Crippen LogP contribution in [0.4, 0.5) is 23.4 Å². The van der Waals surface area contributed by atoms with Gasteiger partial charge in [-0.25, -0.2) is 17.6 Å². The van der Waals surface area contributed by atoms with Crippen LogP contribution in [0.2, 0.25) is 0 Å². The predicted octanol–water partition coefficient (Wildman–Crippen LogP) is 5.49. The Balaban J connectivity index is 1.49. The molecule has 1 aromatic heterocycles. The van der Waals surface area contributed by atoms with Gasteiger partial charge in [0.25, 0.3) is 5.92 Å². The number of anilines is 1. The van der Waals surface area contributed by atoms with Crippen LogP contribution in [0.1, 0.15) is 13.3 Å². The molecular formula is C30H31F4N5O. The van der Waals surface area contributed by atoms with Gasteiger partial charge in [-0.1, -0.05) is 42.5 Å². The average molecular weight is 554 g/mol.